The molecule has 1 heterocycles. The first-order valence-corrected chi connectivity index (χ1v) is 8.69. The number of carbonyl (C=O) groups excluding carboxylic acids is 1. The van der Waals surface area contributed by atoms with E-state index in [0.717, 1.165) is 49.6 Å². The molecule has 11 heteroatoms. The normalized spacial score (nSPS) is 15.9. The molecule has 1 aromatic carbocycles. The Morgan fingerprint density at radius 3 is 2.24 bits per heavy atom. The van der Waals surface area contributed by atoms with Crippen molar-refractivity contribution in [3.63, 3.8) is 0 Å². The van der Waals surface area contributed by atoms with Crippen LogP contribution in [0.15, 0.2) is 35.3 Å². The van der Waals surface area contributed by atoms with Gasteiger partial charge in [-0.15, -0.1) is 0 Å². The van der Waals surface area contributed by atoms with Gasteiger partial charge in [-0.05, 0) is 49.6 Å². The summed E-state index contributed by atoms with van der Waals surface area (Å²) in [5.41, 5.74) is -1.91. The van der Waals surface area contributed by atoms with Crippen LogP contribution in [0.5, 0.6) is 0 Å². The highest BCUT2D eigenvalue weighted by molar-refractivity contribution is 6.06. The Kier molecular flexibility index (Phi) is 5.67. The largest absolute Gasteiger partial charge is 0.435 e. The van der Waals surface area contributed by atoms with Gasteiger partial charge in [0.1, 0.15) is 5.84 Å². The van der Waals surface area contributed by atoms with Gasteiger partial charge in [0.15, 0.2) is 5.69 Å². The molecule has 5 nitrogen and oxygen atoms in total. The third-order valence-electron chi connectivity index (χ3n) is 4.42. The smallest absolute Gasteiger partial charge is 0.310 e. The fraction of sp³-hybridized carbons (Fsp3) is 0.389. The first-order chi connectivity index (χ1) is 13.5. The van der Waals surface area contributed by atoms with Crippen LogP contribution in [0.1, 0.15) is 46.6 Å². The summed E-state index contributed by atoms with van der Waals surface area (Å²) in [5.74, 6) is -0.579. The number of hydrogen-bond acceptors (Lipinski definition) is 3. The minimum Gasteiger partial charge on any atom is -0.310 e. The van der Waals surface area contributed by atoms with E-state index in [1.54, 1.807) is 0 Å². The number of aromatic amines is 1. The number of amidine groups is 1. The van der Waals surface area contributed by atoms with E-state index in [2.05, 4.69) is 20.5 Å². The van der Waals surface area contributed by atoms with Crippen molar-refractivity contribution >= 4 is 11.7 Å². The third kappa shape index (κ3) is 5.36. The zero-order chi connectivity index (χ0) is 21.2. The van der Waals surface area contributed by atoms with E-state index in [1.165, 1.54) is 0 Å². The molecule has 2 N–H and O–H groups in total. The lowest BCUT2D eigenvalue weighted by molar-refractivity contribution is -0.141. The molecule has 0 unspecified atom stereocenters. The van der Waals surface area contributed by atoms with Crippen LogP contribution in [-0.4, -0.2) is 28.0 Å². The Bertz CT molecular complexity index is 894. The van der Waals surface area contributed by atoms with Crippen LogP contribution < -0.4 is 5.32 Å². The van der Waals surface area contributed by atoms with E-state index >= 15 is 0 Å². The SMILES string of the molecule is O=C(NC(Cc1cc(C(F)(F)F)n[nH]1)=NC1CCC1)c1ccc(C(F)(F)F)cc1. The maximum Gasteiger partial charge on any atom is 0.435 e. The molecule has 0 saturated heterocycles. The average molecular weight is 418 g/mol. The van der Waals surface area contributed by atoms with Crippen molar-refractivity contribution in [2.45, 2.75) is 44.1 Å². The number of carbonyl (C=O) groups is 1. The van der Waals surface area contributed by atoms with Crippen LogP contribution in [0, 0.1) is 0 Å². The van der Waals surface area contributed by atoms with E-state index in [0.29, 0.717) is 0 Å². The number of benzene rings is 1. The topological polar surface area (TPSA) is 70.1 Å². The van der Waals surface area contributed by atoms with E-state index in [-0.39, 0.29) is 29.6 Å². The molecule has 3 rings (SSSR count). The van der Waals surface area contributed by atoms with Gasteiger partial charge >= 0.3 is 12.4 Å². The second kappa shape index (κ2) is 7.88. The van der Waals surface area contributed by atoms with Crippen molar-refractivity contribution in [2.24, 2.45) is 4.99 Å². The Balaban J connectivity index is 1.74. The molecule has 1 aliphatic carbocycles. The number of halogens is 6. The van der Waals surface area contributed by atoms with Gasteiger partial charge in [0.05, 0.1) is 11.6 Å². The molecule has 0 atom stereocenters. The van der Waals surface area contributed by atoms with Crippen molar-refractivity contribution in [3.8, 4) is 0 Å². The van der Waals surface area contributed by atoms with Gasteiger partial charge in [-0.1, -0.05) is 0 Å². The molecular formula is C18H16F6N4O. The molecule has 156 valence electrons. The molecule has 0 bridgehead atoms. The first-order valence-electron chi connectivity index (χ1n) is 8.69. The van der Waals surface area contributed by atoms with Crippen LogP contribution in [0.25, 0.3) is 0 Å². The van der Waals surface area contributed by atoms with Crippen LogP contribution in [0.2, 0.25) is 0 Å². The Labute approximate surface area is 161 Å². The first kappa shape index (κ1) is 20.9. The highest BCUT2D eigenvalue weighted by Crippen LogP contribution is 2.29. The van der Waals surface area contributed by atoms with Crippen molar-refractivity contribution in [1.29, 1.82) is 0 Å². The average Bonchev–Trinajstić information content (AvgIpc) is 3.06. The van der Waals surface area contributed by atoms with Gasteiger partial charge in [0, 0.05) is 17.7 Å². The van der Waals surface area contributed by atoms with Crippen molar-refractivity contribution < 1.29 is 31.1 Å². The number of aliphatic imine (C=N–C) groups is 1. The lowest BCUT2D eigenvalue weighted by atomic mass is 9.94. The predicted molar refractivity (Wildman–Crippen MR) is 91.3 cm³/mol. The van der Waals surface area contributed by atoms with Gasteiger partial charge in [-0.2, -0.15) is 31.4 Å². The minimum atomic E-state index is -4.61. The van der Waals surface area contributed by atoms with E-state index in [9.17, 15) is 31.1 Å². The number of H-pyrrole nitrogens is 1. The van der Waals surface area contributed by atoms with Crippen molar-refractivity contribution in [2.75, 3.05) is 0 Å². The zero-order valence-corrected chi connectivity index (χ0v) is 14.9. The molecular weight excluding hydrogens is 402 g/mol. The molecule has 1 aromatic heterocycles. The van der Waals surface area contributed by atoms with E-state index in [4.69, 9.17) is 0 Å². The Morgan fingerprint density at radius 1 is 1.10 bits per heavy atom. The summed E-state index contributed by atoms with van der Waals surface area (Å²) in [6.45, 7) is 0. The fourth-order valence-electron chi connectivity index (χ4n) is 2.65. The number of aromatic nitrogens is 2. The quantitative estimate of drug-likeness (QED) is 0.440. The van der Waals surface area contributed by atoms with Crippen LogP contribution in [0.3, 0.4) is 0 Å². The maximum absolute atomic E-state index is 12.7. The molecule has 2 aromatic rings. The second-order valence-corrected chi connectivity index (χ2v) is 6.64. The van der Waals surface area contributed by atoms with Crippen molar-refractivity contribution in [3.05, 3.63) is 52.8 Å². The molecule has 1 amide bonds. The Morgan fingerprint density at radius 2 is 1.76 bits per heavy atom. The summed E-state index contributed by atoms with van der Waals surface area (Å²) in [5, 5.41) is 7.95. The fourth-order valence-corrected chi connectivity index (χ4v) is 2.65. The van der Waals surface area contributed by atoms with Crippen LogP contribution in [-0.2, 0) is 18.8 Å². The summed E-state index contributed by atoms with van der Waals surface area (Å²) in [6, 6.07) is 4.38. The summed E-state index contributed by atoms with van der Waals surface area (Å²) in [6.07, 6.45) is -6.73. The lowest BCUT2D eigenvalue weighted by Crippen LogP contribution is -2.34. The van der Waals surface area contributed by atoms with Crippen LogP contribution >= 0.6 is 0 Å². The number of nitrogens with one attached hydrogen (secondary N) is 2. The summed E-state index contributed by atoms with van der Waals surface area (Å²) >= 11 is 0. The van der Waals surface area contributed by atoms with E-state index in [1.807, 2.05) is 0 Å². The van der Waals surface area contributed by atoms with Gasteiger partial charge in [0.25, 0.3) is 5.91 Å². The molecule has 0 radical (unpaired) electrons. The number of alkyl halides is 6. The van der Waals surface area contributed by atoms with Gasteiger partial charge < -0.3 is 5.32 Å². The monoisotopic (exact) mass is 418 g/mol. The van der Waals surface area contributed by atoms with Crippen molar-refractivity contribution in [1.82, 2.24) is 15.5 Å². The maximum atomic E-state index is 12.7. The summed E-state index contributed by atoms with van der Waals surface area (Å²) in [4.78, 5) is 16.7. The predicted octanol–water partition coefficient (Wildman–Crippen LogP) is 4.37. The number of rotatable bonds is 4. The molecule has 0 spiro atoms. The number of nitrogens with zero attached hydrogens (tertiary/aromatic N) is 2. The Hall–Kier alpha value is -2.85. The molecule has 1 saturated carbocycles. The summed E-state index contributed by atoms with van der Waals surface area (Å²) in [7, 11) is 0. The highest BCUT2D eigenvalue weighted by Gasteiger charge is 2.34. The van der Waals surface area contributed by atoms with Gasteiger partial charge in [-0.25, -0.2) is 0 Å². The van der Waals surface area contributed by atoms with E-state index < -0.39 is 29.5 Å². The van der Waals surface area contributed by atoms with Crippen LogP contribution in [0.4, 0.5) is 26.3 Å². The minimum absolute atomic E-state index is 0.0279. The molecule has 1 aliphatic rings. The number of hydrogen-bond donors (Lipinski definition) is 2. The highest BCUT2D eigenvalue weighted by atomic mass is 19.4. The third-order valence-corrected chi connectivity index (χ3v) is 4.42. The lowest BCUT2D eigenvalue weighted by Gasteiger charge is -2.22. The van der Waals surface area contributed by atoms with Gasteiger partial charge in [-0.3, -0.25) is 14.9 Å². The molecule has 1 fully saturated rings. The molecule has 0 aliphatic heterocycles. The van der Waals surface area contributed by atoms with Gasteiger partial charge in [0.2, 0.25) is 0 Å². The number of amides is 1. The zero-order valence-electron chi connectivity index (χ0n) is 14.9. The standard InChI is InChI=1S/C18H16F6N4O/c19-17(20,21)11-6-4-10(5-7-11)16(29)26-15(25-12-2-1-3-12)9-13-8-14(28-27-13)18(22,23)24/h4-8,12H,1-3,9H2,(H,27,28)(H,25,26,29). The second-order valence-electron chi connectivity index (χ2n) is 6.64. The molecule has 29 heavy (non-hydrogen) atoms. The summed E-state index contributed by atoms with van der Waals surface area (Å²) < 4.78 is 76.0.